The molecule has 0 saturated carbocycles. The van der Waals surface area contributed by atoms with Gasteiger partial charge in [-0.15, -0.1) is 0 Å². The summed E-state index contributed by atoms with van der Waals surface area (Å²) in [5, 5.41) is 5.01. The monoisotopic (exact) mass is 710 g/mol. The van der Waals surface area contributed by atoms with Gasteiger partial charge in [-0.25, -0.2) is 0 Å². The summed E-state index contributed by atoms with van der Waals surface area (Å²) in [5.74, 6) is 0. The minimum atomic E-state index is 1.19. The van der Waals surface area contributed by atoms with Crippen LogP contribution in [0.1, 0.15) is 0 Å². The molecule has 0 aliphatic rings. The van der Waals surface area contributed by atoms with Crippen LogP contribution in [0.5, 0.6) is 0 Å². The Morgan fingerprint density at radius 1 is 0.161 bits per heavy atom. The summed E-state index contributed by atoms with van der Waals surface area (Å²) in [7, 11) is 0. The van der Waals surface area contributed by atoms with Gasteiger partial charge >= 0.3 is 0 Å². The first-order valence-corrected chi connectivity index (χ1v) is 19.3. The third kappa shape index (κ3) is 6.18. The second kappa shape index (κ2) is 14.5. The fourth-order valence-electron chi connectivity index (χ4n) is 8.33. The molecule has 10 aromatic rings. The summed E-state index contributed by atoms with van der Waals surface area (Å²) < 4.78 is 0. The Bertz CT molecular complexity index is 2890. The highest BCUT2D eigenvalue weighted by atomic mass is 14.2. The number of hydrogen-bond donors (Lipinski definition) is 0. The van der Waals surface area contributed by atoms with E-state index < -0.39 is 0 Å². The van der Waals surface area contributed by atoms with Crippen molar-refractivity contribution < 1.29 is 0 Å². The van der Waals surface area contributed by atoms with Crippen LogP contribution in [0, 0.1) is 0 Å². The van der Waals surface area contributed by atoms with E-state index >= 15 is 0 Å². The molecule has 0 nitrogen and oxygen atoms in total. The van der Waals surface area contributed by atoms with Crippen LogP contribution in [0.25, 0.3) is 99.4 Å². The van der Waals surface area contributed by atoms with Crippen LogP contribution in [0.15, 0.2) is 231 Å². The zero-order valence-corrected chi connectivity index (χ0v) is 30.9. The van der Waals surface area contributed by atoms with E-state index in [1.54, 1.807) is 0 Å². The van der Waals surface area contributed by atoms with E-state index in [9.17, 15) is 0 Å². The van der Waals surface area contributed by atoms with Crippen molar-refractivity contribution in [2.24, 2.45) is 0 Å². The highest BCUT2D eigenvalue weighted by Crippen LogP contribution is 2.47. The van der Waals surface area contributed by atoms with Gasteiger partial charge in [0.05, 0.1) is 0 Å². The standard InChI is InChI=1S/C56H38/c1-4-14-39(15-5-1)41-24-26-43(27-25-41)44-28-30-45(31-29-44)48-36-37-49(46-34-32-42(33-35-46)40-16-6-2-7-17-40)54(38-48)56-52-22-12-10-20-50(52)55(47-18-8-3-9-19-47)51-21-11-13-23-53(51)56/h1-38H. The van der Waals surface area contributed by atoms with Crippen LogP contribution < -0.4 is 0 Å². The minimum absolute atomic E-state index is 1.19. The average molecular weight is 711 g/mol. The molecule has 0 aromatic heterocycles. The Kier molecular flexibility index (Phi) is 8.63. The lowest BCUT2D eigenvalue weighted by molar-refractivity contribution is 1.56. The van der Waals surface area contributed by atoms with Crippen molar-refractivity contribution in [3.05, 3.63) is 231 Å². The molecule has 0 unspecified atom stereocenters. The lowest BCUT2D eigenvalue weighted by Crippen LogP contribution is -1.93. The third-order valence-corrected chi connectivity index (χ3v) is 11.1. The molecule has 0 aliphatic carbocycles. The molecule has 0 spiro atoms. The van der Waals surface area contributed by atoms with Gasteiger partial charge in [0.25, 0.3) is 0 Å². The Labute approximate surface area is 328 Å². The van der Waals surface area contributed by atoms with Gasteiger partial charge in [-0.3, -0.25) is 0 Å². The van der Waals surface area contributed by atoms with Crippen LogP contribution in [0.4, 0.5) is 0 Å². The van der Waals surface area contributed by atoms with Gasteiger partial charge in [0.1, 0.15) is 0 Å². The quantitative estimate of drug-likeness (QED) is 0.144. The molecule has 0 fully saturated rings. The zero-order chi connectivity index (χ0) is 37.3. The minimum Gasteiger partial charge on any atom is -0.0622 e. The molecule has 0 heteroatoms. The highest BCUT2D eigenvalue weighted by Gasteiger charge is 2.20. The summed E-state index contributed by atoms with van der Waals surface area (Å²) in [4.78, 5) is 0. The normalized spacial score (nSPS) is 11.2. The summed E-state index contributed by atoms with van der Waals surface area (Å²) in [5.41, 5.74) is 17.1. The lowest BCUT2D eigenvalue weighted by Gasteiger charge is -2.20. The van der Waals surface area contributed by atoms with E-state index in [1.165, 1.54) is 99.4 Å². The van der Waals surface area contributed by atoms with Crippen molar-refractivity contribution in [2.45, 2.75) is 0 Å². The molecular weight excluding hydrogens is 673 g/mol. The molecule has 0 amide bonds. The van der Waals surface area contributed by atoms with E-state index in [1.807, 2.05) is 0 Å². The fraction of sp³-hybridized carbons (Fsp3) is 0. The van der Waals surface area contributed by atoms with Gasteiger partial charge in [-0.05, 0) is 105 Å². The molecule has 262 valence electrons. The van der Waals surface area contributed by atoms with Crippen LogP contribution in [0.2, 0.25) is 0 Å². The van der Waals surface area contributed by atoms with Crippen molar-refractivity contribution >= 4 is 21.5 Å². The van der Waals surface area contributed by atoms with Crippen molar-refractivity contribution in [3.63, 3.8) is 0 Å². The van der Waals surface area contributed by atoms with Crippen molar-refractivity contribution in [3.8, 4) is 77.9 Å². The van der Waals surface area contributed by atoms with Gasteiger partial charge in [-0.2, -0.15) is 0 Å². The number of rotatable bonds is 7. The molecule has 10 aromatic carbocycles. The van der Waals surface area contributed by atoms with E-state index in [0.717, 1.165) is 0 Å². The lowest BCUT2D eigenvalue weighted by atomic mass is 9.82. The Morgan fingerprint density at radius 2 is 0.446 bits per heavy atom. The van der Waals surface area contributed by atoms with Crippen molar-refractivity contribution in [2.75, 3.05) is 0 Å². The summed E-state index contributed by atoms with van der Waals surface area (Å²) in [6, 6.07) is 83.9. The fourth-order valence-corrected chi connectivity index (χ4v) is 8.33. The molecule has 10 rings (SSSR count). The van der Waals surface area contributed by atoms with E-state index in [0.29, 0.717) is 0 Å². The number of benzene rings is 10. The van der Waals surface area contributed by atoms with Gasteiger partial charge in [0, 0.05) is 0 Å². The second-order valence-corrected chi connectivity index (χ2v) is 14.4. The van der Waals surface area contributed by atoms with E-state index in [2.05, 4.69) is 231 Å². The van der Waals surface area contributed by atoms with Crippen LogP contribution in [-0.4, -0.2) is 0 Å². The van der Waals surface area contributed by atoms with Crippen LogP contribution in [-0.2, 0) is 0 Å². The molecule has 0 radical (unpaired) electrons. The largest absolute Gasteiger partial charge is 0.0622 e. The SMILES string of the molecule is c1ccc(-c2ccc(-c3ccc(-c4ccc(-c5ccc(-c6ccccc6)cc5)c(-c5c6ccccc6c(-c6ccccc6)c6ccccc56)c4)cc3)cc2)cc1. The topological polar surface area (TPSA) is 0 Å². The van der Waals surface area contributed by atoms with Crippen molar-refractivity contribution in [1.82, 2.24) is 0 Å². The third-order valence-electron chi connectivity index (χ3n) is 11.1. The summed E-state index contributed by atoms with van der Waals surface area (Å²) in [6.07, 6.45) is 0. The molecule has 0 saturated heterocycles. The zero-order valence-electron chi connectivity index (χ0n) is 30.9. The van der Waals surface area contributed by atoms with E-state index in [-0.39, 0.29) is 0 Å². The number of fused-ring (bicyclic) bond motifs is 2. The first-order chi connectivity index (χ1) is 27.8. The van der Waals surface area contributed by atoms with Crippen LogP contribution in [0.3, 0.4) is 0 Å². The Balaban J connectivity index is 1.13. The van der Waals surface area contributed by atoms with Crippen molar-refractivity contribution in [1.29, 1.82) is 0 Å². The molecular formula is C56H38. The maximum absolute atomic E-state index is 2.42. The van der Waals surface area contributed by atoms with Gasteiger partial charge in [-0.1, -0.05) is 224 Å². The van der Waals surface area contributed by atoms with Gasteiger partial charge in [0.2, 0.25) is 0 Å². The smallest absolute Gasteiger partial charge is 0.00199 e. The van der Waals surface area contributed by atoms with Gasteiger partial charge in [0.15, 0.2) is 0 Å². The summed E-state index contributed by atoms with van der Waals surface area (Å²) >= 11 is 0. The Hall–Kier alpha value is -7.28. The first kappa shape index (κ1) is 33.3. The predicted octanol–water partition coefficient (Wildman–Crippen LogP) is 15.7. The maximum Gasteiger partial charge on any atom is -0.00199 e. The maximum atomic E-state index is 2.42. The first-order valence-electron chi connectivity index (χ1n) is 19.3. The molecule has 0 atom stereocenters. The molecule has 0 N–H and O–H groups in total. The second-order valence-electron chi connectivity index (χ2n) is 14.4. The predicted molar refractivity (Wildman–Crippen MR) is 240 cm³/mol. The highest BCUT2D eigenvalue weighted by molar-refractivity contribution is 6.22. The average Bonchev–Trinajstić information content (AvgIpc) is 3.29. The summed E-state index contributed by atoms with van der Waals surface area (Å²) in [6.45, 7) is 0. The number of hydrogen-bond acceptors (Lipinski definition) is 0. The molecule has 0 aliphatic heterocycles. The Morgan fingerprint density at radius 3 is 0.857 bits per heavy atom. The van der Waals surface area contributed by atoms with E-state index in [4.69, 9.17) is 0 Å². The molecule has 56 heavy (non-hydrogen) atoms. The van der Waals surface area contributed by atoms with Gasteiger partial charge < -0.3 is 0 Å². The molecule has 0 heterocycles. The molecule has 0 bridgehead atoms. The van der Waals surface area contributed by atoms with Crippen LogP contribution >= 0.6 is 0 Å².